The molecule has 0 aliphatic rings. The molecule has 0 spiro atoms. The molecule has 4 rings (SSSR count). The summed E-state index contributed by atoms with van der Waals surface area (Å²) >= 11 is 0. The molecule has 1 N–H and O–H groups in total. The number of hydrogen-bond acceptors (Lipinski definition) is 8. The molecule has 0 atom stereocenters. The SMILES string of the molecule is Cc1cc([N+](=O)[O-])ccc1-c1ccc(C(=O)Nc2nnc(-c3ccco3)o2)o1. The van der Waals surface area contributed by atoms with E-state index < -0.39 is 10.8 Å². The lowest BCUT2D eigenvalue weighted by molar-refractivity contribution is -0.384. The Morgan fingerprint density at radius 2 is 1.96 bits per heavy atom. The highest BCUT2D eigenvalue weighted by molar-refractivity contribution is 6.01. The Balaban J connectivity index is 1.51. The van der Waals surface area contributed by atoms with E-state index in [2.05, 4.69) is 15.5 Å². The molecule has 0 aliphatic heterocycles. The third kappa shape index (κ3) is 3.26. The van der Waals surface area contributed by atoms with Crippen molar-refractivity contribution in [3.63, 3.8) is 0 Å². The van der Waals surface area contributed by atoms with Crippen LogP contribution in [-0.4, -0.2) is 21.0 Å². The van der Waals surface area contributed by atoms with Gasteiger partial charge in [-0.25, -0.2) is 0 Å². The number of carbonyl (C=O) groups excluding carboxylic acids is 1. The first-order chi connectivity index (χ1) is 13.5. The maximum atomic E-state index is 12.3. The molecule has 4 aromatic rings. The molecule has 0 radical (unpaired) electrons. The normalized spacial score (nSPS) is 10.8. The van der Waals surface area contributed by atoms with E-state index in [4.69, 9.17) is 13.3 Å². The lowest BCUT2D eigenvalue weighted by Crippen LogP contribution is -2.11. The van der Waals surface area contributed by atoms with Gasteiger partial charge in [0.15, 0.2) is 11.5 Å². The van der Waals surface area contributed by atoms with Gasteiger partial charge in [-0.15, -0.1) is 5.10 Å². The van der Waals surface area contributed by atoms with Crippen molar-refractivity contribution in [1.82, 2.24) is 10.2 Å². The molecule has 28 heavy (non-hydrogen) atoms. The minimum Gasteiger partial charge on any atom is -0.459 e. The van der Waals surface area contributed by atoms with E-state index in [1.165, 1.54) is 24.5 Å². The molecular formula is C18H12N4O6. The van der Waals surface area contributed by atoms with Crippen LogP contribution in [0.3, 0.4) is 0 Å². The first-order valence-corrected chi connectivity index (χ1v) is 8.05. The van der Waals surface area contributed by atoms with Crippen LogP contribution < -0.4 is 5.32 Å². The van der Waals surface area contributed by atoms with Crippen molar-refractivity contribution in [2.45, 2.75) is 6.92 Å². The highest BCUT2D eigenvalue weighted by Gasteiger charge is 2.18. The number of aryl methyl sites for hydroxylation is 1. The summed E-state index contributed by atoms with van der Waals surface area (Å²) in [5, 5.41) is 20.8. The van der Waals surface area contributed by atoms with E-state index in [0.29, 0.717) is 22.6 Å². The van der Waals surface area contributed by atoms with Gasteiger partial charge in [-0.2, -0.15) is 0 Å². The molecule has 0 fully saturated rings. The van der Waals surface area contributed by atoms with E-state index in [9.17, 15) is 14.9 Å². The van der Waals surface area contributed by atoms with Gasteiger partial charge in [0.2, 0.25) is 0 Å². The topological polar surface area (TPSA) is 137 Å². The Morgan fingerprint density at radius 3 is 2.68 bits per heavy atom. The van der Waals surface area contributed by atoms with Crippen molar-refractivity contribution in [3.05, 3.63) is 70.2 Å². The first-order valence-electron chi connectivity index (χ1n) is 8.05. The minimum absolute atomic E-state index is 0.0190. The third-order valence-electron chi connectivity index (χ3n) is 3.89. The van der Waals surface area contributed by atoms with Gasteiger partial charge in [0.25, 0.3) is 17.5 Å². The number of amides is 1. The Hall–Kier alpha value is -4.21. The zero-order valence-corrected chi connectivity index (χ0v) is 14.4. The summed E-state index contributed by atoms with van der Waals surface area (Å²) in [5.74, 6) is 0.342. The lowest BCUT2D eigenvalue weighted by Gasteiger charge is -2.02. The summed E-state index contributed by atoms with van der Waals surface area (Å²) < 4.78 is 16.0. The molecule has 10 heteroatoms. The Labute approximate surface area is 156 Å². The summed E-state index contributed by atoms with van der Waals surface area (Å²) in [7, 11) is 0. The number of nitro groups is 1. The second-order valence-corrected chi connectivity index (χ2v) is 5.76. The summed E-state index contributed by atoms with van der Waals surface area (Å²) in [6, 6.07) is 10.7. The Bertz CT molecular complexity index is 1160. The summed E-state index contributed by atoms with van der Waals surface area (Å²) in [6.07, 6.45) is 1.46. The van der Waals surface area contributed by atoms with Gasteiger partial charge < -0.3 is 13.3 Å². The van der Waals surface area contributed by atoms with Gasteiger partial charge in [0, 0.05) is 17.7 Å². The predicted octanol–water partition coefficient (Wildman–Crippen LogP) is 4.06. The van der Waals surface area contributed by atoms with Crippen LogP contribution in [0, 0.1) is 17.0 Å². The van der Waals surface area contributed by atoms with Crippen LogP contribution in [0.5, 0.6) is 0 Å². The summed E-state index contributed by atoms with van der Waals surface area (Å²) in [5.41, 5.74) is 1.27. The molecule has 0 saturated carbocycles. The number of non-ortho nitro benzene ring substituents is 1. The quantitative estimate of drug-likeness (QED) is 0.404. The Kier molecular flexibility index (Phi) is 4.20. The molecule has 3 heterocycles. The van der Waals surface area contributed by atoms with Crippen molar-refractivity contribution in [2.75, 3.05) is 5.32 Å². The number of furan rings is 2. The number of aromatic nitrogens is 2. The van der Waals surface area contributed by atoms with Crippen LogP contribution in [0.25, 0.3) is 23.0 Å². The van der Waals surface area contributed by atoms with Crippen molar-refractivity contribution < 1.29 is 23.0 Å². The molecule has 140 valence electrons. The van der Waals surface area contributed by atoms with Crippen LogP contribution in [-0.2, 0) is 0 Å². The van der Waals surface area contributed by atoms with Crippen LogP contribution in [0.2, 0.25) is 0 Å². The van der Waals surface area contributed by atoms with Crippen LogP contribution in [0.15, 0.2) is 62.0 Å². The standard InChI is InChI=1S/C18H12N4O6/c1-10-9-11(22(24)25)4-5-12(10)13-6-7-14(27-13)16(23)19-18-21-20-17(28-18)15-3-2-8-26-15/h2-9H,1H3,(H,19,21,23). The number of nitrogens with one attached hydrogen (secondary N) is 1. The smallest absolute Gasteiger partial charge is 0.323 e. The molecular weight excluding hydrogens is 368 g/mol. The first kappa shape index (κ1) is 17.2. The minimum atomic E-state index is -0.583. The lowest BCUT2D eigenvalue weighted by atomic mass is 10.1. The number of nitrogens with zero attached hydrogens (tertiary/aromatic N) is 3. The molecule has 0 saturated heterocycles. The van der Waals surface area contributed by atoms with Crippen LogP contribution in [0.1, 0.15) is 16.1 Å². The van der Waals surface area contributed by atoms with Gasteiger partial charge in [0.1, 0.15) is 5.76 Å². The van der Waals surface area contributed by atoms with E-state index in [1.54, 1.807) is 31.2 Å². The van der Waals surface area contributed by atoms with Crippen LogP contribution in [0.4, 0.5) is 11.7 Å². The second-order valence-electron chi connectivity index (χ2n) is 5.76. The number of rotatable bonds is 5. The zero-order chi connectivity index (χ0) is 19.7. The fourth-order valence-corrected chi connectivity index (χ4v) is 2.57. The van der Waals surface area contributed by atoms with Crippen LogP contribution >= 0.6 is 0 Å². The van der Waals surface area contributed by atoms with E-state index >= 15 is 0 Å². The van der Waals surface area contributed by atoms with Gasteiger partial charge >= 0.3 is 6.01 Å². The zero-order valence-electron chi connectivity index (χ0n) is 14.4. The second kappa shape index (κ2) is 6.83. The molecule has 10 nitrogen and oxygen atoms in total. The maximum Gasteiger partial charge on any atom is 0.323 e. The molecule has 1 aromatic carbocycles. The monoisotopic (exact) mass is 380 g/mol. The molecule has 0 aliphatic carbocycles. The Morgan fingerprint density at radius 1 is 1.11 bits per heavy atom. The summed E-state index contributed by atoms with van der Waals surface area (Å²) in [6.45, 7) is 1.72. The number of carbonyl (C=O) groups is 1. The molecule has 3 aromatic heterocycles. The summed E-state index contributed by atoms with van der Waals surface area (Å²) in [4.78, 5) is 22.7. The van der Waals surface area contributed by atoms with Gasteiger partial charge in [0.05, 0.1) is 11.2 Å². The molecule has 0 bridgehead atoms. The largest absolute Gasteiger partial charge is 0.459 e. The van der Waals surface area contributed by atoms with Gasteiger partial charge in [-0.1, -0.05) is 5.10 Å². The average molecular weight is 380 g/mol. The molecule has 1 amide bonds. The molecule has 0 unspecified atom stereocenters. The van der Waals surface area contributed by atoms with E-state index in [1.807, 2.05) is 0 Å². The van der Waals surface area contributed by atoms with Crippen molar-refractivity contribution >= 4 is 17.6 Å². The maximum absolute atomic E-state index is 12.3. The fourth-order valence-electron chi connectivity index (χ4n) is 2.57. The highest BCUT2D eigenvalue weighted by Crippen LogP contribution is 2.29. The van der Waals surface area contributed by atoms with Crippen molar-refractivity contribution in [1.29, 1.82) is 0 Å². The predicted molar refractivity (Wildman–Crippen MR) is 95.5 cm³/mol. The highest BCUT2D eigenvalue weighted by atomic mass is 16.6. The number of hydrogen-bond donors (Lipinski definition) is 1. The fraction of sp³-hybridized carbons (Fsp3) is 0.0556. The van der Waals surface area contributed by atoms with Crippen molar-refractivity contribution in [3.8, 4) is 23.0 Å². The van der Waals surface area contributed by atoms with Gasteiger partial charge in [-0.3, -0.25) is 20.2 Å². The third-order valence-corrected chi connectivity index (χ3v) is 3.89. The number of anilines is 1. The van der Waals surface area contributed by atoms with E-state index in [0.717, 1.165) is 0 Å². The van der Waals surface area contributed by atoms with Gasteiger partial charge in [-0.05, 0) is 42.8 Å². The average Bonchev–Trinajstić information content (AvgIpc) is 3.42. The van der Waals surface area contributed by atoms with Crippen molar-refractivity contribution in [2.24, 2.45) is 0 Å². The van der Waals surface area contributed by atoms with E-state index in [-0.39, 0.29) is 23.4 Å². The number of benzene rings is 1. The number of nitro benzene ring substituents is 1.